The van der Waals surface area contributed by atoms with Crippen molar-refractivity contribution in [1.29, 1.82) is 0 Å². The van der Waals surface area contributed by atoms with E-state index in [4.69, 9.17) is 4.74 Å². The first-order chi connectivity index (χ1) is 14.6. The lowest BCUT2D eigenvalue weighted by Gasteiger charge is -2.58. The first kappa shape index (κ1) is 21.8. The van der Waals surface area contributed by atoms with Crippen LogP contribution in [-0.4, -0.2) is 53.1 Å². The second-order valence-corrected chi connectivity index (χ2v) is 10.1. The molecular formula is C24H32N2O5. The lowest BCUT2D eigenvalue weighted by atomic mass is 9.48. The Morgan fingerprint density at radius 3 is 2.35 bits per heavy atom. The molecule has 4 saturated carbocycles. The smallest absolute Gasteiger partial charge is 0.312 e. The number of esters is 1. The monoisotopic (exact) mass is 428 g/mol. The number of ether oxygens (including phenoxy) is 1. The standard InChI is InChI=1S/C24H32N2O5/c1-15-4-6-19(7-5-15)25-20(27)13-26(3)21(28)16(2)31-22(29)23-9-17-8-18(10-23)12-24(30,11-17)14-23/h4-7,16-18,30H,8-14H2,1-3H3,(H,25,27)/t16-,17-,18+,23?,24?/m1/s1. The lowest BCUT2D eigenvalue weighted by Crippen LogP contribution is -2.59. The van der Waals surface area contributed by atoms with Crippen molar-refractivity contribution in [2.75, 3.05) is 18.9 Å². The van der Waals surface area contributed by atoms with E-state index in [1.165, 1.54) is 11.9 Å². The number of anilines is 1. The number of nitrogens with one attached hydrogen (secondary N) is 1. The molecule has 0 radical (unpaired) electrons. The van der Waals surface area contributed by atoms with Crippen LogP contribution in [0.4, 0.5) is 5.69 Å². The number of hydrogen-bond acceptors (Lipinski definition) is 5. The Bertz CT molecular complexity index is 866. The molecule has 0 aromatic heterocycles. The summed E-state index contributed by atoms with van der Waals surface area (Å²) in [7, 11) is 1.52. The van der Waals surface area contributed by atoms with Crippen LogP contribution in [-0.2, 0) is 19.1 Å². The summed E-state index contributed by atoms with van der Waals surface area (Å²) in [5.74, 6) is -0.397. The van der Waals surface area contributed by atoms with Crippen molar-refractivity contribution in [2.24, 2.45) is 17.3 Å². The molecule has 1 aromatic carbocycles. The first-order valence-electron chi connectivity index (χ1n) is 11.1. The zero-order valence-electron chi connectivity index (χ0n) is 18.5. The molecular weight excluding hydrogens is 396 g/mol. The van der Waals surface area contributed by atoms with E-state index >= 15 is 0 Å². The summed E-state index contributed by atoms with van der Waals surface area (Å²) in [6, 6.07) is 7.40. The summed E-state index contributed by atoms with van der Waals surface area (Å²) < 4.78 is 5.60. The molecule has 7 nitrogen and oxygen atoms in total. The lowest BCUT2D eigenvalue weighted by molar-refractivity contribution is -0.200. The SMILES string of the molecule is Cc1ccc(NC(=O)CN(C)C(=O)[C@@H](C)OC(=O)C23C[C@@H]4C[C@@H](CC(O)(C4)C2)C3)cc1. The van der Waals surface area contributed by atoms with Gasteiger partial charge in [0.2, 0.25) is 5.91 Å². The van der Waals surface area contributed by atoms with Crippen molar-refractivity contribution < 1.29 is 24.2 Å². The van der Waals surface area contributed by atoms with E-state index in [1.54, 1.807) is 19.1 Å². The van der Waals surface area contributed by atoms with Gasteiger partial charge in [-0.25, -0.2) is 0 Å². The van der Waals surface area contributed by atoms with Crippen molar-refractivity contribution in [3.8, 4) is 0 Å². The van der Waals surface area contributed by atoms with Crippen molar-refractivity contribution in [3.63, 3.8) is 0 Å². The van der Waals surface area contributed by atoms with E-state index < -0.39 is 23.0 Å². The third-order valence-electron chi connectivity index (χ3n) is 7.19. The second-order valence-electron chi connectivity index (χ2n) is 10.1. The quantitative estimate of drug-likeness (QED) is 0.679. The van der Waals surface area contributed by atoms with E-state index in [1.807, 2.05) is 19.1 Å². The van der Waals surface area contributed by atoms with Crippen molar-refractivity contribution in [1.82, 2.24) is 4.90 Å². The highest BCUT2D eigenvalue weighted by Crippen LogP contribution is 2.62. The summed E-state index contributed by atoms with van der Waals surface area (Å²) in [4.78, 5) is 39.4. The first-order valence-corrected chi connectivity index (χ1v) is 11.1. The van der Waals surface area contributed by atoms with Gasteiger partial charge >= 0.3 is 5.97 Å². The Hall–Kier alpha value is -2.41. The predicted octanol–water partition coefficient (Wildman–Crippen LogP) is 2.65. The summed E-state index contributed by atoms with van der Waals surface area (Å²) in [5.41, 5.74) is 0.318. The van der Waals surface area contributed by atoms with Crippen LogP contribution in [0.5, 0.6) is 0 Å². The molecule has 0 spiro atoms. The molecule has 2 N–H and O–H groups in total. The van der Waals surface area contributed by atoms with Crippen LogP contribution in [0.15, 0.2) is 24.3 Å². The Balaban J connectivity index is 1.32. The highest BCUT2D eigenvalue weighted by Gasteiger charge is 2.61. The molecule has 0 aliphatic heterocycles. The summed E-state index contributed by atoms with van der Waals surface area (Å²) in [6.07, 6.45) is 3.54. The normalized spacial score (nSPS) is 31.7. The minimum absolute atomic E-state index is 0.135. The maximum atomic E-state index is 13.1. The van der Waals surface area contributed by atoms with Gasteiger partial charge in [0.15, 0.2) is 6.10 Å². The number of benzene rings is 1. The van der Waals surface area contributed by atoms with Gasteiger partial charge in [-0.05, 0) is 76.3 Å². The Kier molecular flexibility index (Phi) is 5.58. The van der Waals surface area contributed by atoms with Gasteiger partial charge < -0.3 is 20.1 Å². The predicted molar refractivity (Wildman–Crippen MR) is 115 cm³/mol. The zero-order valence-corrected chi connectivity index (χ0v) is 18.5. The number of carbonyl (C=O) groups is 3. The molecule has 4 bridgehead atoms. The molecule has 4 fully saturated rings. The average molecular weight is 429 g/mol. The fourth-order valence-electron chi connectivity index (χ4n) is 6.23. The summed E-state index contributed by atoms with van der Waals surface area (Å²) in [5, 5.41) is 13.6. The third-order valence-corrected chi connectivity index (χ3v) is 7.19. The highest BCUT2D eigenvalue weighted by atomic mass is 16.5. The van der Waals surface area contributed by atoms with Gasteiger partial charge in [0.05, 0.1) is 17.6 Å². The van der Waals surface area contributed by atoms with Gasteiger partial charge in [-0.2, -0.15) is 0 Å². The highest BCUT2D eigenvalue weighted by molar-refractivity contribution is 5.95. The van der Waals surface area contributed by atoms with Crippen molar-refractivity contribution >= 4 is 23.5 Å². The summed E-state index contributed by atoms with van der Waals surface area (Å²) >= 11 is 0. The fourth-order valence-corrected chi connectivity index (χ4v) is 6.23. The van der Waals surface area contributed by atoms with Crippen LogP contribution in [0, 0.1) is 24.2 Å². The Labute approximate surface area is 183 Å². The van der Waals surface area contributed by atoms with Crippen LogP contribution in [0.3, 0.4) is 0 Å². The third kappa shape index (κ3) is 4.47. The van der Waals surface area contributed by atoms with Crippen molar-refractivity contribution in [3.05, 3.63) is 29.8 Å². The number of aryl methyl sites for hydroxylation is 1. The molecule has 7 heteroatoms. The molecule has 2 amide bonds. The van der Waals surface area contributed by atoms with E-state index in [2.05, 4.69) is 5.32 Å². The molecule has 168 valence electrons. The minimum atomic E-state index is -0.979. The molecule has 0 heterocycles. The van der Waals surface area contributed by atoms with E-state index in [9.17, 15) is 19.5 Å². The summed E-state index contributed by atoms with van der Waals surface area (Å²) in [6.45, 7) is 3.37. The van der Waals surface area contributed by atoms with Gasteiger partial charge in [-0.1, -0.05) is 17.7 Å². The Morgan fingerprint density at radius 1 is 1.16 bits per heavy atom. The largest absolute Gasteiger partial charge is 0.452 e. The number of likely N-dealkylation sites (N-methyl/N-ethyl adjacent to an activating group) is 1. The van der Waals surface area contributed by atoms with Gasteiger partial charge in [-0.3, -0.25) is 14.4 Å². The molecule has 4 aliphatic carbocycles. The fraction of sp³-hybridized carbons (Fsp3) is 0.625. The number of amides is 2. The van der Waals surface area contributed by atoms with Crippen LogP contribution >= 0.6 is 0 Å². The molecule has 2 unspecified atom stereocenters. The molecule has 4 aliphatic rings. The maximum absolute atomic E-state index is 13.1. The van der Waals surface area contributed by atoms with E-state index in [0.717, 1.165) is 37.7 Å². The van der Waals surface area contributed by atoms with Crippen LogP contribution in [0.1, 0.15) is 51.0 Å². The van der Waals surface area contributed by atoms with Gasteiger partial charge in [0.1, 0.15) is 0 Å². The van der Waals surface area contributed by atoms with Gasteiger partial charge in [-0.15, -0.1) is 0 Å². The molecule has 5 rings (SSSR count). The Morgan fingerprint density at radius 2 is 1.77 bits per heavy atom. The number of nitrogens with zero attached hydrogens (tertiary/aromatic N) is 1. The number of hydrogen-bond donors (Lipinski definition) is 2. The van der Waals surface area contributed by atoms with Crippen LogP contribution < -0.4 is 5.32 Å². The topological polar surface area (TPSA) is 95.9 Å². The number of carbonyl (C=O) groups excluding carboxylic acids is 3. The van der Waals surface area contributed by atoms with Crippen LogP contribution in [0.25, 0.3) is 0 Å². The number of aliphatic hydroxyl groups is 1. The number of rotatable bonds is 6. The van der Waals surface area contributed by atoms with Crippen molar-refractivity contribution in [2.45, 2.75) is 64.1 Å². The van der Waals surface area contributed by atoms with Gasteiger partial charge in [0, 0.05) is 12.7 Å². The maximum Gasteiger partial charge on any atom is 0.312 e. The molecule has 5 atom stereocenters. The minimum Gasteiger partial charge on any atom is -0.452 e. The molecule has 1 aromatic rings. The van der Waals surface area contributed by atoms with E-state index in [-0.39, 0.29) is 18.4 Å². The second kappa shape index (κ2) is 7.93. The van der Waals surface area contributed by atoms with Crippen LogP contribution in [0.2, 0.25) is 0 Å². The average Bonchev–Trinajstić information content (AvgIpc) is 2.67. The van der Waals surface area contributed by atoms with E-state index in [0.29, 0.717) is 23.9 Å². The molecule has 0 saturated heterocycles. The molecule has 31 heavy (non-hydrogen) atoms. The zero-order chi connectivity index (χ0) is 22.4. The van der Waals surface area contributed by atoms with Gasteiger partial charge in [0.25, 0.3) is 5.91 Å².